The van der Waals surface area contributed by atoms with Gasteiger partial charge in [0.1, 0.15) is 16.9 Å². The zero-order valence-corrected chi connectivity index (χ0v) is 10.1. The average molecular weight is 248 g/mol. The molecule has 0 amide bonds. The second-order valence-electron chi connectivity index (χ2n) is 3.50. The van der Waals surface area contributed by atoms with E-state index < -0.39 is 0 Å². The number of aromatic nitrogens is 2. The molecule has 0 bridgehead atoms. The van der Waals surface area contributed by atoms with Crippen molar-refractivity contribution in [2.24, 2.45) is 0 Å². The Balaban J connectivity index is 2.35. The maximum Gasteiger partial charge on any atom is 0.168 e. The first-order valence-corrected chi connectivity index (χ1v) is 6.50. The van der Waals surface area contributed by atoms with Gasteiger partial charge in [0.25, 0.3) is 0 Å². The highest BCUT2D eigenvalue weighted by Crippen LogP contribution is 2.35. The molecule has 16 heavy (non-hydrogen) atoms. The summed E-state index contributed by atoms with van der Waals surface area (Å²) < 4.78 is 1.84. The van der Waals surface area contributed by atoms with Gasteiger partial charge < -0.3 is 0 Å². The summed E-state index contributed by atoms with van der Waals surface area (Å²) in [6.45, 7) is 2.06. The van der Waals surface area contributed by atoms with Crippen molar-refractivity contribution in [3.63, 3.8) is 0 Å². The molecule has 3 rings (SSSR count). The van der Waals surface area contributed by atoms with Crippen LogP contribution in [0.2, 0.25) is 0 Å². The van der Waals surface area contributed by atoms with E-state index in [1.807, 2.05) is 4.40 Å². The molecule has 3 heterocycles. The smallest absolute Gasteiger partial charge is 0.168 e. The number of carbonyl (C=O) groups is 1. The van der Waals surface area contributed by atoms with Crippen molar-refractivity contribution in [1.82, 2.24) is 9.38 Å². The van der Waals surface area contributed by atoms with Crippen molar-refractivity contribution in [1.29, 1.82) is 0 Å². The highest BCUT2D eigenvalue weighted by Gasteiger charge is 2.15. The highest BCUT2D eigenvalue weighted by molar-refractivity contribution is 7.21. The lowest BCUT2D eigenvalue weighted by Crippen LogP contribution is -1.89. The molecule has 0 N–H and O–H groups in total. The van der Waals surface area contributed by atoms with Gasteiger partial charge in [-0.25, -0.2) is 4.98 Å². The van der Waals surface area contributed by atoms with Crippen LogP contribution in [0.25, 0.3) is 15.3 Å². The monoisotopic (exact) mass is 248 g/mol. The number of aryl methyl sites for hydroxylation is 1. The zero-order valence-electron chi connectivity index (χ0n) is 8.51. The highest BCUT2D eigenvalue weighted by atomic mass is 32.1. The Morgan fingerprint density at radius 2 is 2.31 bits per heavy atom. The van der Waals surface area contributed by atoms with Crippen LogP contribution in [0.15, 0.2) is 23.3 Å². The molecule has 0 atom stereocenters. The molecule has 3 aromatic heterocycles. The first-order chi connectivity index (χ1) is 7.81. The van der Waals surface area contributed by atoms with Crippen LogP contribution in [0.5, 0.6) is 0 Å². The lowest BCUT2D eigenvalue weighted by molar-refractivity contribution is 0.111. The van der Waals surface area contributed by atoms with Crippen molar-refractivity contribution in [3.05, 3.63) is 34.5 Å². The summed E-state index contributed by atoms with van der Waals surface area (Å²) >= 11 is 3.26. The zero-order chi connectivity index (χ0) is 11.1. The molecule has 5 heteroatoms. The van der Waals surface area contributed by atoms with E-state index in [4.69, 9.17) is 0 Å². The van der Waals surface area contributed by atoms with E-state index in [-0.39, 0.29) is 0 Å². The van der Waals surface area contributed by atoms with E-state index in [1.54, 1.807) is 35.2 Å². The van der Waals surface area contributed by atoms with Gasteiger partial charge in [-0.3, -0.25) is 9.20 Å². The summed E-state index contributed by atoms with van der Waals surface area (Å²) in [7, 11) is 0. The fourth-order valence-corrected chi connectivity index (χ4v) is 3.76. The van der Waals surface area contributed by atoms with Gasteiger partial charge in [0.15, 0.2) is 6.29 Å². The van der Waals surface area contributed by atoms with Crippen molar-refractivity contribution < 1.29 is 4.79 Å². The third-order valence-electron chi connectivity index (χ3n) is 2.52. The van der Waals surface area contributed by atoms with Crippen molar-refractivity contribution in [2.75, 3.05) is 0 Å². The number of nitrogens with zero attached hydrogens (tertiary/aromatic N) is 2. The predicted molar refractivity (Wildman–Crippen MR) is 66.5 cm³/mol. The molecule has 0 saturated carbocycles. The fraction of sp³-hybridized carbons (Fsp3) is 0.0909. The van der Waals surface area contributed by atoms with Crippen LogP contribution in [-0.2, 0) is 0 Å². The van der Waals surface area contributed by atoms with E-state index in [0.29, 0.717) is 5.69 Å². The minimum absolute atomic E-state index is 0.694. The van der Waals surface area contributed by atoms with Gasteiger partial charge in [0, 0.05) is 5.56 Å². The number of hydrogen-bond acceptors (Lipinski definition) is 4. The first kappa shape index (κ1) is 9.74. The summed E-state index contributed by atoms with van der Waals surface area (Å²) in [5, 5.41) is 4.18. The molecule has 0 aromatic carbocycles. The van der Waals surface area contributed by atoms with E-state index in [1.165, 1.54) is 5.56 Å². The van der Waals surface area contributed by atoms with Crippen LogP contribution >= 0.6 is 22.7 Å². The maximum atomic E-state index is 11.2. The molecular weight excluding hydrogens is 240 g/mol. The number of thiophene rings is 1. The second-order valence-corrected chi connectivity index (χ2v) is 5.28. The number of imidazole rings is 1. The van der Waals surface area contributed by atoms with Gasteiger partial charge in [-0.15, -0.1) is 11.3 Å². The Morgan fingerprint density at radius 1 is 1.44 bits per heavy atom. The minimum atomic E-state index is 0.694. The number of aldehydes is 1. The molecule has 0 aliphatic carbocycles. The molecule has 0 spiro atoms. The fourth-order valence-electron chi connectivity index (χ4n) is 1.70. The quantitative estimate of drug-likeness (QED) is 0.652. The van der Waals surface area contributed by atoms with Crippen LogP contribution in [0, 0.1) is 6.92 Å². The molecule has 3 nitrogen and oxygen atoms in total. The number of fused-ring (bicyclic) bond motifs is 1. The van der Waals surface area contributed by atoms with Gasteiger partial charge >= 0.3 is 0 Å². The minimum Gasteiger partial charge on any atom is -0.296 e. The summed E-state index contributed by atoms with van der Waals surface area (Å²) in [6.07, 6.45) is 4.36. The van der Waals surface area contributed by atoms with E-state index in [9.17, 15) is 4.79 Å². The Bertz CT molecular complexity index is 662. The summed E-state index contributed by atoms with van der Waals surface area (Å²) in [4.78, 5) is 17.2. The van der Waals surface area contributed by atoms with Crippen LogP contribution < -0.4 is 0 Å². The number of thiazole rings is 1. The summed E-state index contributed by atoms with van der Waals surface area (Å²) in [5.41, 5.74) is 3.06. The summed E-state index contributed by atoms with van der Waals surface area (Å²) in [6, 6.07) is 0. The van der Waals surface area contributed by atoms with E-state index in [0.717, 1.165) is 21.6 Å². The van der Waals surface area contributed by atoms with Crippen LogP contribution in [0.4, 0.5) is 0 Å². The molecular formula is C11H8N2OS2. The number of hydrogen-bond donors (Lipinski definition) is 0. The predicted octanol–water partition coefficient (Wildman–Crippen LogP) is 3.25. The van der Waals surface area contributed by atoms with Crippen LogP contribution in [0.3, 0.4) is 0 Å². The Hall–Kier alpha value is -1.46. The standard InChI is InChI=1S/C11H8N2OS2/c1-7-4-15-5-8(7)11-9(3-14)13-6-12-2-10(13)16-11/h2-6H,1H3. The maximum absolute atomic E-state index is 11.2. The molecule has 0 aliphatic heterocycles. The van der Waals surface area contributed by atoms with Gasteiger partial charge in [-0.2, -0.15) is 11.3 Å². The van der Waals surface area contributed by atoms with Crippen molar-refractivity contribution in [3.8, 4) is 10.4 Å². The van der Waals surface area contributed by atoms with Gasteiger partial charge in [0.05, 0.1) is 11.1 Å². The van der Waals surface area contributed by atoms with Gasteiger partial charge in [-0.1, -0.05) is 0 Å². The van der Waals surface area contributed by atoms with E-state index in [2.05, 4.69) is 22.7 Å². The third-order valence-corrected chi connectivity index (χ3v) is 4.52. The summed E-state index contributed by atoms with van der Waals surface area (Å²) in [5.74, 6) is 0. The lowest BCUT2D eigenvalue weighted by atomic mass is 10.1. The van der Waals surface area contributed by atoms with Crippen LogP contribution in [-0.4, -0.2) is 15.7 Å². The van der Waals surface area contributed by atoms with Gasteiger partial charge in [-0.05, 0) is 23.2 Å². The SMILES string of the molecule is Cc1cscc1-c1sc2cncn2c1C=O. The number of carbonyl (C=O) groups excluding carboxylic acids is 1. The average Bonchev–Trinajstić information content (AvgIpc) is 2.90. The van der Waals surface area contributed by atoms with E-state index >= 15 is 0 Å². The second kappa shape index (κ2) is 3.54. The Kier molecular flexibility index (Phi) is 2.15. The molecule has 0 radical (unpaired) electrons. The Labute approximate surface area is 100.0 Å². The molecule has 0 unspecified atom stereocenters. The van der Waals surface area contributed by atoms with Crippen molar-refractivity contribution in [2.45, 2.75) is 6.92 Å². The lowest BCUT2D eigenvalue weighted by Gasteiger charge is -1.96. The first-order valence-electron chi connectivity index (χ1n) is 4.74. The largest absolute Gasteiger partial charge is 0.296 e. The topological polar surface area (TPSA) is 34.4 Å². The van der Waals surface area contributed by atoms with Gasteiger partial charge in [0.2, 0.25) is 0 Å². The molecule has 0 aliphatic rings. The molecule has 0 saturated heterocycles. The van der Waals surface area contributed by atoms with Crippen molar-refractivity contribution >= 4 is 33.8 Å². The van der Waals surface area contributed by atoms with Crippen LogP contribution in [0.1, 0.15) is 16.1 Å². The third kappa shape index (κ3) is 1.25. The molecule has 0 fully saturated rings. The Morgan fingerprint density at radius 3 is 3.00 bits per heavy atom. The molecule has 80 valence electrons. The normalized spacial score (nSPS) is 11.1. The number of rotatable bonds is 2. The molecule has 3 aromatic rings.